The molecule has 0 heterocycles. The maximum atomic E-state index is 12.7. The van der Waals surface area contributed by atoms with Crippen molar-refractivity contribution in [2.75, 3.05) is 6.61 Å². The van der Waals surface area contributed by atoms with Crippen LogP contribution in [0.25, 0.3) is 0 Å². The summed E-state index contributed by atoms with van der Waals surface area (Å²) in [6.07, 6.45) is 6.85. The number of rotatable bonds is 4. The molecule has 0 spiro atoms. The molecular formula is C19H24N2O3. The minimum absolute atomic E-state index is 0.00494. The Bertz CT molecular complexity index is 593. The van der Waals surface area contributed by atoms with E-state index in [9.17, 15) is 9.59 Å². The number of ether oxygens (including phenoxy) is 1. The van der Waals surface area contributed by atoms with Crippen LogP contribution < -0.4 is 15.6 Å². The maximum Gasteiger partial charge on any atom is 0.276 e. The molecule has 4 bridgehead atoms. The first-order chi connectivity index (χ1) is 11.6. The SMILES string of the molecule is O=C(COc1ccccc1)NNC(=O)C12CC3CC(CC(C3)C1)C2. The summed E-state index contributed by atoms with van der Waals surface area (Å²) in [7, 11) is 0. The van der Waals surface area contributed by atoms with Gasteiger partial charge in [0.2, 0.25) is 5.91 Å². The van der Waals surface area contributed by atoms with Crippen LogP contribution in [-0.4, -0.2) is 18.4 Å². The maximum absolute atomic E-state index is 12.7. The Morgan fingerprint density at radius 2 is 1.54 bits per heavy atom. The van der Waals surface area contributed by atoms with E-state index in [0.29, 0.717) is 23.5 Å². The van der Waals surface area contributed by atoms with Crippen LogP contribution >= 0.6 is 0 Å². The van der Waals surface area contributed by atoms with E-state index < -0.39 is 0 Å². The molecule has 2 amide bonds. The van der Waals surface area contributed by atoms with E-state index in [-0.39, 0.29) is 23.8 Å². The van der Waals surface area contributed by atoms with Gasteiger partial charge in [-0.3, -0.25) is 20.4 Å². The van der Waals surface area contributed by atoms with Gasteiger partial charge in [0, 0.05) is 0 Å². The normalized spacial score (nSPS) is 33.1. The van der Waals surface area contributed by atoms with Crippen molar-refractivity contribution in [2.45, 2.75) is 38.5 Å². The zero-order valence-corrected chi connectivity index (χ0v) is 13.8. The van der Waals surface area contributed by atoms with E-state index in [0.717, 1.165) is 19.3 Å². The van der Waals surface area contributed by atoms with Gasteiger partial charge in [-0.05, 0) is 68.4 Å². The van der Waals surface area contributed by atoms with Crippen molar-refractivity contribution in [2.24, 2.45) is 23.2 Å². The molecule has 4 fully saturated rings. The average Bonchev–Trinajstić information content (AvgIpc) is 2.57. The molecule has 1 aromatic carbocycles. The Labute approximate surface area is 142 Å². The second-order valence-corrected chi connectivity index (χ2v) is 7.80. The summed E-state index contributed by atoms with van der Waals surface area (Å²) in [4.78, 5) is 24.6. The molecule has 5 rings (SSSR count). The zero-order valence-electron chi connectivity index (χ0n) is 13.8. The third-order valence-electron chi connectivity index (χ3n) is 5.95. The number of carbonyl (C=O) groups excluding carboxylic acids is 2. The molecular weight excluding hydrogens is 304 g/mol. The predicted octanol–water partition coefficient (Wildman–Crippen LogP) is 2.43. The van der Waals surface area contributed by atoms with Gasteiger partial charge < -0.3 is 4.74 Å². The number of benzene rings is 1. The standard InChI is InChI=1S/C19H24N2O3/c22-17(12-24-16-4-2-1-3-5-16)20-21-18(23)19-9-13-6-14(10-19)8-15(7-13)11-19/h1-5,13-15H,6-12H2,(H,20,22)(H,21,23). The second-order valence-electron chi connectivity index (χ2n) is 7.80. The van der Waals surface area contributed by atoms with Gasteiger partial charge in [0.05, 0.1) is 5.41 Å². The summed E-state index contributed by atoms with van der Waals surface area (Å²) < 4.78 is 5.39. The molecule has 0 aromatic heterocycles. The molecule has 4 saturated carbocycles. The van der Waals surface area contributed by atoms with E-state index in [4.69, 9.17) is 4.74 Å². The number of hydrogen-bond acceptors (Lipinski definition) is 3. The highest BCUT2D eigenvalue weighted by atomic mass is 16.5. The topological polar surface area (TPSA) is 67.4 Å². The van der Waals surface area contributed by atoms with E-state index >= 15 is 0 Å². The molecule has 0 saturated heterocycles. The summed E-state index contributed by atoms with van der Waals surface area (Å²) in [5.41, 5.74) is 4.92. The Morgan fingerprint density at radius 3 is 2.12 bits per heavy atom. The first-order valence-corrected chi connectivity index (χ1v) is 8.90. The summed E-state index contributed by atoms with van der Waals surface area (Å²) in [6.45, 7) is -0.106. The molecule has 4 aliphatic rings. The van der Waals surface area contributed by atoms with Crippen LogP contribution in [0.5, 0.6) is 5.75 Å². The lowest BCUT2D eigenvalue weighted by atomic mass is 9.49. The van der Waals surface area contributed by atoms with Crippen LogP contribution in [-0.2, 0) is 9.59 Å². The van der Waals surface area contributed by atoms with E-state index in [2.05, 4.69) is 10.9 Å². The summed E-state index contributed by atoms with van der Waals surface area (Å²) >= 11 is 0. The van der Waals surface area contributed by atoms with E-state index in [1.54, 1.807) is 12.1 Å². The molecule has 5 heteroatoms. The smallest absolute Gasteiger partial charge is 0.276 e. The summed E-state index contributed by atoms with van der Waals surface area (Å²) in [5.74, 6) is 2.42. The monoisotopic (exact) mass is 328 g/mol. The highest BCUT2D eigenvalue weighted by Gasteiger charge is 2.54. The second kappa shape index (κ2) is 6.11. The molecule has 1 aromatic rings. The third kappa shape index (κ3) is 2.99. The van der Waals surface area contributed by atoms with Gasteiger partial charge in [0.15, 0.2) is 6.61 Å². The minimum atomic E-state index is -0.336. The van der Waals surface area contributed by atoms with Crippen molar-refractivity contribution >= 4 is 11.8 Å². The quantitative estimate of drug-likeness (QED) is 0.834. The van der Waals surface area contributed by atoms with E-state index in [1.165, 1.54) is 19.3 Å². The lowest BCUT2D eigenvalue weighted by molar-refractivity contribution is -0.149. The predicted molar refractivity (Wildman–Crippen MR) is 88.8 cm³/mol. The van der Waals surface area contributed by atoms with Gasteiger partial charge in [-0.15, -0.1) is 0 Å². The molecule has 0 aliphatic heterocycles. The molecule has 5 nitrogen and oxygen atoms in total. The van der Waals surface area contributed by atoms with Crippen molar-refractivity contribution in [3.05, 3.63) is 30.3 Å². The zero-order chi connectivity index (χ0) is 16.6. The fourth-order valence-corrected chi connectivity index (χ4v) is 5.35. The van der Waals surface area contributed by atoms with Crippen LogP contribution in [0.3, 0.4) is 0 Å². The number of amides is 2. The van der Waals surface area contributed by atoms with Crippen molar-refractivity contribution in [3.63, 3.8) is 0 Å². The number of carbonyl (C=O) groups is 2. The van der Waals surface area contributed by atoms with Gasteiger partial charge >= 0.3 is 0 Å². The van der Waals surface area contributed by atoms with Crippen molar-refractivity contribution in [3.8, 4) is 5.75 Å². The molecule has 24 heavy (non-hydrogen) atoms. The van der Waals surface area contributed by atoms with Gasteiger partial charge in [-0.25, -0.2) is 0 Å². The number of hydrazine groups is 1. The lowest BCUT2D eigenvalue weighted by Crippen LogP contribution is -2.57. The molecule has 0 atom stereocenters. The number of nitrogens with one attached hydrogen (secondary N) is 2. The fourth-order valence-electron chi connectivity index (χ4n) is 5.35. The third-order valence-corrected chi connectivity index (χ3v) is 5.95. The number of para-hydroxylation sites is 1. The Hall–Kier alpha value is -2.04. The van der Waals surface area contributed by atoms with Crippen LogP contribution in [0.1, 0.15) is 38.5 Å². The van der Waals surface area contributed by atoms with Crippen LogP contribution in [0.4, 0.5) is 0 Å². The molecule has 4 aliphatic carbocycles. The largest absolute Gasteiger partial charge is 0.484 e. The average molecular weight is 328 g/mol. The molecule has 0 radical (unpaired) electrons. The molecule has 2 N–H and O–H groups in total. The van der Waals surface area contributed by atoms with Gasteiger partial charge in [-0.2, -0.15) is 0 Å². The first kappa shape index (κ1) is 15.5. The van der Waals surface area contributed by atoms with Gasteiger partial charge in [-0.1, -0.05) is 18.2 Å². The van der Waals surface area contributed by atoms with Crippen LogP contribution in [0.15, 0.2) is 30.3 Å². The lowest BCUT2D eigenvalue weighted by Gasteiger charge is -2.55. The highest BCUT2D eigenvalue weighted by Crippen LogP contribution is 2.59. The fraction of sp³-hybridized carbons (Fsp3) is 0.579. The highest BCUT2D eigenvalue weighted by molar-refractivity contribution is 5.86. The Balaban J connectivity index is 1.28. The van der Waals surface area contributed by atoms with Crippen molar-refractivity contribution in [1.82, 2.24) is 10.9 Å². The van der Waals surface area contributed by atoms with Gasteiger partial charge in [0.25, 0.3) is 5.91 Å². The van der Waals surface area contributed by atoms with Crippen LogP contribution in [0.2, 0.25) is 0 Å². The summed E-state index contributed by atoms with van der Waals surface area (Å²) in [6, 6.07) is 9.17. The van der Waals surface area contributed by atoms with Crippen LogP contribution in [0, 0.1) is 23.2 Å². The first-order valence-electron chi connectivity index (χ1n) is 8.90. The van der Waals surface area contributed by atoms with E-state index in [1.807, 2.05) is 18.2 Å². The molecule has 128 valence electrons. The Morgan fingerprint density at radius 1 is 0.958 bits per heavy atom. The Kier molecular flexibility index (Phi) is 3.94. The molecule has 0 unspecified atom stereocenters. The van der Waals surface area contributed by atoms with Gasteiger partial charge in [0.1, 0.15) is 5.75 Å². The van der Waals surface area contributed by atoms with Crippen molar-refractivity contribution < 1.29 is 14.3 Å². The summed E-state index contributed by atoms with van der Waals surface area (Å²) in [5, 5.41) is 0. The van der Waals surface area contributed by atoms with Crippen molar-refractivity contribution in [1.29, 1.82) is 0 Å². The number of hydrogen-bond donors (Lipinski definition) is 2. The minimum Gasteiger partial charge on any atom is -0.484 e.